The zero-order valence-corrected chi connectivity index (χ0v) is 10.3. The molecule has 0 saturated carbocycles. The van der Waals surface area contributed by atoms with Crippen LogP contribution in [-0.2, 0) is 4.79 Å². The number of carbonyl (C=O) groups is 2. The van der Waals surface area contributed by atoms with Crippen molar-refractivity contribution in [2.75, 3.05) is 6.54 Å². The summed E-state index contributed by atoms with van der Waals surface area (Å²) in [6.07, 6.45) is -3.59. The molecule has 19 heavy (non-hydrogen) atoms. The van der Waals surface area contributed by atoms with E-state index >= 15 is 0 Å². The molecular weight excluding hydrogens is 265 g/mol. The van der Waals surface area contributed by atoms with Crippen LogP contribution < -0.4 is 10.6 Å². The van der Waals surface area contributed by atoms with Gasteiger partial charge in [-0.3, -0.25) is 0 Å². The standard InChI is InChI=1S/C11H17F3N2O3/c1-2-5-8(9(17)18)16-10(19)15-7-4-3-6-11(12,13)14/h2,8H,1,3-7H2,(H,17,18)(H2,15,16,19). The van der Waals surface area contributed by atoms with Crippen LogP contribution in [0.15, 0.2) is 12.7 Å². The number of aliphatic carboxylic acids is 1. The van der Waals surface area contributed by atoms with E-state index in [0.717, 1.165) is 0 Å². The highest BCUT2D eigenvalue weighted by atomic mass is 19.4. The first-order valence-corrected chi connectivity index (χ1v) is 5.71. The molecule has 2 amide bonds. The van der Waals surface area contributed by atoms with Gasteiger partial charge >= 0.3 is 18.2 Å². The molecule has 0 aliphatic carbocycles. The quantitative estimate of drug-likeness (QED) is 0.471. The van der Waals surface area contributed by atoms with Crippen molar-refractivity contribution >= 4 is 12.0 Å². The lowest BCUT2D eigenvalue weighted by Crippen LogP contribution is -2.46. The van der Waals surface area contributed by atoms with Crippen LogP contribution in [-0.4, -0.2) is 35.9 Å². The van der Waals surface area contributed by atoms with E-state index < -0.39 is 30.6 Å². The summed E-state index contributed by atoms with van der Waals surface area (Å²) in [5, 5.41) is 13.2. The van der Waals surface area contributed by atoms with Gasteiger partial charge in [0.2, 0.25) is 0 Å². The van der Waals surface area contributed by atoms with Gasteiger partial charge in [-0.05, 0) is 19.3 Å². The van der Waals surface area contributed by atoms with E-state index in [-0.39, 0.29) is 25.8 Å². The summed E-state index contributed by atoms with van der Waals surface area (Å²) in [6, 6.07) is -1.81. The summed E-state index contributed by atoms with van der Waals surface area (Å²) in [5.41, 5.74) is 0. The van der Waals surface area contributed by atoms with Gasteiger partial charge in [-0.1, -0.05) is 6.08 Å². The molecule has 0 heterocycles. The third kappa shape index (κ3) is 9.93. The summed E-state index contributed by atoms with van der Waals surface area (Å²) in [5.74, 6) is -1.20. The van der Waals surface area contributed by atoms with Crippen LogP contribution in [0.2, 0.25) is 0 Å². The van der Waals surface area contributed by atoms with Crippen LogP contribution in [0, 0.1) is 0 Å². The predicted molar refractivity (Wildman–Crippen MR) is 62.7 cm³/mol. The van der Waals surface area contributed by atoms with E-state index in [1.54, 1.807) is 0 Å². The molecule has 0 spiro atoms. The second kappa shape index (κ2) is 8.39. The Morgan fingerprint density at radius 1 is 1.32 bits per heavy atom. The van der Waals surface area contributed by atoms with Crippen LogP contribution in [0.5, 0.6) is 0 Å². The second-order valence-corrected chi connectivity index (χ2v) is 3.89. The minimum Gasteiger partial charge on any atom is -0.480 e. The van der Waals surface area contributed by atoms with Gasteiger partial charge in [0, 0.05) is 13.0 Å². The predicted octanol–water partition coefficient (Wildman–Crippen LogP) is 2.05. The zero-order valence-electron chi connectivity index (χ0n) is 10.3. The van der Waals surface area contributed by atoms with E-state index in [9.17, 15) is 22.8 Å². The molecule has 0 saturated heterocycles. The maximum Gasteiger partial charge on any atom is 0.389 e. The molecule has 0 rings (SSSR count). The highest BCUT2D eigenvalue weighted by molar-refractivity contribution is 5.82. The number of nitrogens with one attached hydrogen (secondary N) is 2. The van der Waals surface area contributed by atoms with Crippen LogP contribution >= 0.6 is 0 Å². The van der Waals surface area contributed by atoms with Gasteiger partial charge in [0.15, 0.2) is 0 Å². The molecule has 0 aromatic carbocycles. The number of rotatable bonds is 8. The molecule has 110 valence electrons. The number of amides is 2. The fourth-order valence-corrected chi connectivity index (χ4v) is 1.25. The maximum atomic E-state index is 11.8. The lowest BCUT2D eigenvalue weighted by atomic mass is 10.2. The minimum atomic E-state index is -4.19. The van der Waals surface area contributed by atoms with Gasteiger partial charge in [-0.2, -0.15) is 13.2 Å². The molecule has 0 aliphatic rings. The van der Waals surface area contributed by atoms with Gasteiger partial charge in [-0.15, -0.1) is 6.58 Å². The SMILES string of the molecule is C=CCC(NC(=O)NCCCCC(F)(F)F)C(=O)O. The molecule has 0 fully saturated rings. The van der Waals surface area contributed by atoms with Crippen molar-refractivity contribution in [1.82, 2.24) is 10.6 Å². The molecule has 0 aromatic rings. The van der Waals surface area contributed by atoms with Crippen molar-refractivity contribution in [3.05, 3.63) is 12.7 Å². The molecule has 1 atom stereocenters. The number of unbranched alkanes of at least 4 members (excludes halogenated alkanes) is 1. The Morgan fingerprint density at radius 3 is 2.42 bits per heavy atom. The fraction of sp³-hybridized carbons (Fsp3) is 0.636. The molecule has 0 aromatic heterocycles. The average Bonchev–Trinajstić information content (AvgIpc) is 2.26. The Hall–Kier alpha value is -1.73. The molecule has 0 aliphatic heterocycles. The number of carboxylic acid groups (broad SMARTS) is 1. The highest BCUT2D eigenvalue weighted by Crippen LogP contribution is 2.21. The Balaban J connectivity index is 3.80. The molecular formula is C11H17F3N2O3. The first-order chi connectivity index (χ1) is 8.76. The van der Waals surface area contributed by atoms with Crippen molar-refractivity contribution in [2.45, 2.75) is 37.9 Å². The first-order valence-electron chi connectivity index (χ1n) is 5.71. The molecule has 1 unspecified atom stereocenters. The van der Waals surface area contributed by atoms with E-state index in [4.69, 9.17) is 5.11 Å². The minimum absolute atomic E-state index is 0.0579. The Kier molecular flexibility index (Phi) is 7.62. The Labute approximate surface area is 108 Å². The third-order valence-electron chi connectivity index (χ3n) is 2.18. The summed E-state index contributed by atoms with van der Waals surface area (Å²) < 4.78 is 35.4. The monoisotopic (exact) mass is 282 g/mol. The number of carboxylic acids is 1. The molecule has 8 heteroatoms. The number of alkyl halides is 3. The van der Waals surface area contributed by atoms with Crippen molar-refractivity contribution in [3.8, 4) is 0 Å². The van der Waals surface area contributed by atoms with E-state index in [1.807, 2.05) is 0 Å². The number of hydrogen-bond donors (Lipinski definition) is 3. The number of halogens is 3. The van der Waals surface area contributed by atoms with Crippen LogP contribution in [0.3, 0.4) is 0 Å². The Bertz CT molecular complexity index is 319. The van der Waals surface area contributed by atoms with Crippen molar-refractivity contribution in [2.24, 2.45) is 0 Å². The first kappa shape index (κ1) is 17.3. The largest absolute Gasteiger partial charge is 0.480 e. The normalized spacial score (nSPS) is 12.6. The van der Waals surface area contributed by atoms with Gasteiger partial charge in [0.25, 0.3) is 0 Å². The number of carbonyl (C=O) groups excluding carboxylic acids is 1. The van der Waals surface area contributed by atoms with Crippen molar-refractivity contribution in [3.63, 3.8) is 0 Å². The fourth-order valence-electron chi connectivity index (χ4n) is 1.25. The molecule has 3 N–H and O–H groups in total. The zero-order chi connectivity index (χ0) is 14.9. The number of urea groups is 1. The van der Waals surface area contributed by atoms with E-state index in [1.165, 1.54) is 6.08 Å². The van der Waals surface area contributed by atoms with Gasteiger partial charge in [-0.25, -0.2) is 9.59 Å². The number of hydrogen-bond acceptors (Lipinski definition) is 2. The van der Waals surface area contributed by atoms with E-state index in [2.05, 4.69) is 17.2 Å². The van der Waals surface area contributed by atoms with Gasteiger partial charge in [0.1, 0.15) is 6.04 Å². The summed E-state index contributed by atoms with van der Waals surface area (Å²) >= 11 is 0. The summed E-state index contributed by atoms with van der Waals surface area (Å²) in [6.45, 7) is 3.42. The second-order valence-electron chi connectivity index (χ2n) is 3.89. The third-order valence-corrected chi connectivity index (χ3v) is 2.18. The molecule has 5 nitrogen and oxygen atoms in total. The highest BCUT2D eigenvalue weighted by Gasteiger charge is 2.25. The van der Waals surface area contributed by atoms with Crippen LogP contribution in [0.4, 0.5) is 18.0 Å². The van der Waals surface area contributed by atoms with Crippen molar-refractivity contribution < 1.29 is 27.9 Å². The average molecular weight is 282 g/mol. The lowest BCUT2D eigenvalue weighted by molar-refractivity contribution is -0.139. The molecule has 0 radical (unpaired) electrons. The van der Waals surface area contributed by atoms with E-state index in [0.29, 0.717) is 0 Å². The van der Waals surface area contributed by atoms with Gasteiger partial charge in [0.05, 0.1) is 0 Å². The maximum absolute atomic E-state index is 11.8. The van der Waals surface area contributed by atoms with Crippen molar-refractivity contribution in [1.29, 1.82) is 0 Å². The smallest absolute Gasteiger partial charge is 0.389 e. The topological polar surface area (TPSA) is 78.4 Å². The van der Waals surface area contributed by atoms with Crippen LogP contribution in [0.1, 0.15) is 25.7 Å². The van der Waals surface area contributed by atoms with Gasteiger partial charge < -0.3 is 15.7 Å². The van der Waals surface area contributed by atoms with Crippen LogP contribution in [0.25, 0.3) is 0 Å². The Morgan fingerprint density at radius 2 is 1.95 bits per heavy atom. The lowest BCUT2D eigenvalue weighted by Gasteiger charge is -2.13. The summed E-state index contributed by atoms with van der Waals surface area (Å²) in [7, 11) is 0. The molecule has 0 bridgehead atoms. The summed E-state index contributed by atoms with van der Waals surface area (Å²) in [4.78, 5) is 21.9.